The number of hydrogen-bond donors (Lipinski definition) is 1. The van der Waals surface area contributed by atoms with E-state index in [1.807, 2.05) is 6.92 Å². The number of halogens is 1. The van der Waals surface area contributed by atoms with Crippen molar-refractivity contribution < 1.29 is 28.6 Å². The molecule has 33 heavy (non-hydrogen) atoms. The van der Waals surface area contributed by atoms with Gasteiger partial charge in [0.05, 0.1) is 43.2 Å². The van der Waals surface area contributed by atoms with Crippen LogP contribution in [0.4, 0.5) is 0 Å². The predicted molar refractivity (Wildman–Crippen MR) is 122 cm³/mol. The number of nitrogens with zero attached hydrogens (tertiary/aromatic N) is 1. The average Bonchev–Trinajstić information content (AvgIpc) is 3.42. The molecule has 1 saturated heterocycles. The van der Waals surface area contributed by atoms with Crippen molar-refractivity contribution in [3.63, 3.8) is 0 Å². The first-order valence-corrected chi connectivity index (χ1v) is 10.7. The Kier molecular flexibility index (Phi) is 6.42. The summed E-state index contributed by atoms with van der Waals surface area (Å²) in [7, 11) is 1.48. The van der Waals surface area contributed by atoms with E-state index < -0.39 is 17.7 Å². The van der Waals surface area contributed by atoms with E-state index in [0.717, 1.165) is 0 Å². The van der Waals surface area contributed by atoms with Gasteiger partial charge in [-0.3, -0.25) is 9.59 Å². The lowest BCUT2D eigenvalue weighted by molar-refractivity contribution is -0.140. The molecule has 0 radical (unpaired) electrons. The van der Waals surface area contributed by atoms with Crippen LogP contribution < -0.4 is 9.47 Å². The molecule has 1 atom stereocenters. The number of Topliss-reactive ketones (excluding diaryl/α,β-unsaturated/α-hetero) is 1. The quantitative estimate of drug-likeness (QED) is 0.300. The number of methoxy groups -OCH3 is 1. The number of benzene rings is 2. The Morgan fingerprint density at radius 2 is 1.94 bits per heavy atom. The van der Waals surface area contributed by atoms with E-state index in [1.54, 1.807) is 48.5 Å². The summed E-state index contributed by atoms with van der Waals surface area (Å²) in [6.45, 7) is 2.36. The van der Waals surface area contributed by atoms with Crippen LogP contribution in [0.25, 0.3) is 5.76 Å². The maximum atomic E-state index is 13.2. The van der Waals surface area contributed by atoms with Crippen LogP contribution >= 0.6 is 11.6 Å². The van der Waals surface area contributed by atoms with E-state index in [1.165, 1.54) is 24.3 Å². The van der Waals surface area contributed by atoms with Crippen molar-refractivity contribution in [1.29, 1.82) is 0 Å². The third kappa shape index (κ3) is 4.32. The number of carbonyl (C=O) groups is 2. The first-order chi connectivity index (χ1) is 15.9. The van der Waals surface area contributed by atoms with Crippen molar-refractivity contribution in [3.05, 3.63) is 88.3 Å². The van der Waals surface area contributed by atoms with Gasteiger partial charge in [-0.2, -0.15) is 0 Å². The van der Waals surface area contributed by atoms with Crippen LogP contribution in [0.2, 0.25) is 5.02 Å². The summed E-state index contributed by atoms with van der Waals surface area (Å²) in [5.41, 5.74) is 0.723. The molecule has 1 unspecified atom stereocenters. The number of amides is 1. The summed E-state index contributed by atoms with van der Waals surface area (Å²) < 4.78 is 16.2. The number of likely N-dealkylation sites (tertiary alicyclic amines) is 1. The topological polar surface area (TPSA) is 89.2 Å². The lowest BCUT2D eigenvalue weighted by Gasteiger charge is -2.25. The number of aliphatic hydroxyl groups is 1. The first kappa shape index (κ1) is 22.5. The van der Waals surface area contributed by atoms with E-state index in [-0.39, 0.29) is 28.5 Å². The van der Waals surface area contributed by atoms with Gasteiger partial charge in [-0.15, -0.1) is 0 Å². The van der Waals surface area contributed by atoms with Crippen LogP contribution in [0.3, 0.4) is 0 Å². The summed E-state index contributed by atoms with van der Waals surface area (Å²) in [6, 6.07) is 14.3. The highest BCUT2D eigenvalue weighted by Gasteiger charge is 2.46. The molecule has 2 aromatic carbocycles. The van der Waals surface area contributed by atoms with E-state index >= 15 is 0 Å². The molecule has 8 heteroatoms. The minimum atomic E-state index is -0.877. The summed E-state index contributed by atoms with van der Waals surface area (Å²) in [6.07, 6.45) is 1.49. The molecule has 3 aromatic rings. The van der Waals surface area contributed by atoms with Gasteiger partial charge in [0.2, 0.25) is 0 Å². The van der Waals surface area contributed by atoms with E-state index in [0.29, 0.717) is 29.4 Å². The van der Waals surface area contributed by atoms with E-state index in [9.17, 15) is 14.7 Å². The predicted octanol–water partition coefficient (Wildman–Crippen LogP) is 4.96. The zero-order valence-electron chi connectivity index (χ0n) is 18.1. The second-order valence-electron chi connectivity index (χ2n) is 7.36. The van der Waals surface area contributed by atoms with Crippen LogP contribution in [0.15, 0.2) is 70.9 Å². The SMILES string of the molecule is CCOc1cccc(C2/C(=C(\O)c3cc(OC)ccc3Cl)C(=O)C(=O)N2Cc2ccco2)c1. The van der Waals surface area contributed by atoms with Crippen LogP contribution in [0.1, 0.15) is 29.9 Å². The number of aliphatic hydroxyl groups excluding tert-OH is 1. The molecule has 1 aliphatic rings. The molecule has 1 fully saturated rings. The minimum absolute atomic E-state index is 0.0454. The lowest BCUT2D eigenvalue weighted by atomic mass is 9.95. The van der Waals surface area contributed by atoms with Gasteiger partial charge >= 0.3 is 0 Å². The van der Waals surface area contributed by atoms with Crippen molar-refractivity contribution in [2.45, 2.75) is 19.5 Å². The van der Waals surface area contributed by atoms with Gasteiger partial charge in [-0.1, -0.05) is 23.7 Å². The lowest BCUT2D eigenvalue weighted by Crippen LogP contribution is -2.29. The van der Waals surface area contributed by atoms with Gasteiger partial charge < -0.3 is 23.9 Å². The monoisotopic (exact) mass is 467 g/mol. The first-order valence-electron chi connectivity index (χ1n) is 10.3. The Balaban J connectivity index is 1.90. The molecular weight excluding hydrogens is 446 g/mol. The number of furan rings is 1. The van der Waals surface area contributed by atoms with Gasteiger partial charge in [0.25, 0.3) is 11.7 Å². The molecule has 1 N–H and O–H groups in total. The fourth-order valence-electron chi connectivity index (χ4n) is 3.86. The molecule has 1 aliphatic heterocycles. The molecular formula is C25H22ClNO6. The molecule has 4 rings (SSSR count). The normalized spacial score (nSPS) is 17.4. The second kappa shape index (κ2) is 9.42. The average molecular weight is 468 g/mol. The second-order valence-corrected chi connectivity index (χ2v) is 7.76. The van der Waals surface area contributed by atoms with Gasteiger partial charge in [0, 0.05) is 5.56 Å². The summed E-state index contributed by atoms with van der Waals surface area (Å²) >= 11 is 6.33. The Labute approximate surface area is 195 Å². The van der Waals surface area contributed by atoms with Crippen molar-refractivity contribution in [3.8, 4) is 11.5 Å². The molecule has 1 amide bonds. The fraction of sp³-hybridized carbons (Fsp3) is 0.200. The standard InChI is InChI=1S/C25H22ClNO6/c1-3-32-17-7-4-6-15(12-17)22-21(23(28)19-13-16(31-2)9-10-20(19)26)24(29)25(30)27(22)14-18-8-5-11-33-18/h4-13,22,28H,3,14H2,1-2H3/b23-21+. The molecule has 0 bridgehead atoms. The third-order valence-corrected chi connectivity index (χ3v) is 5.69. The third-order valence-electron chi connectivity index (χ3n) is 5.36. The maximum Gasteiger partial charge on any atom is 0.296 e. The Hall–Kier alpha value is -3.71. The van der Waals surface area contributed by atoms with Crippen LogP contribution in [-0.2, 0) is 16.1 Å². The minimum Gasteiger partial charge on any atom is -0.507 e. The van der Waals surface area contributed by atoms with Gasteiger partial charge in [0.15, 0.2) is 0 Å². The van der Waals surface area contributed by atoms with Gasteiger partial charge in [-0.25, -0.2) is 0 Å². The highest BCUT2D eigenvalue weighted by molar-refractivity contribution is 6.47. The molecule has 7 nitrogen and oxygen atoms in total. The largest absolute Gasteiger partial charge is 0.507 e. The summed E-state index contributed by atoms with van der Waals surface area (Å²) in [4.78, 5) is 27.6. The number of carbonyl (C=O) groups excluding carboxylic acids is 2. The number of ketones is 1. The van der Waals surface area contributed by atoms with Crippen LogP contribution in [-0.4, -0.2) is 35.4 Å². The molecule has 2 heterocycles. The van der Waals surface area contributed by atoms with Crippen molar-refractivity contribution in [2.24, 2.45) is 0 Å². The molecule has 1 aromatic heterocycles. The smallest absolute Gasteiger partial charge is 0.296 e. The number of hydrogen-bond acceptors (Lipinski definition) is 6. The molecule has 170 valence electrons. The number of ether oxygens (including phenoxy) is 2. The van der Waals surface area contributed by atoms with E-state index in [2.05, 4.69) is 0 Å². The molecule has 0 saturated carbocycles. The maximum absolute atomic E-state index is 13.2. The van der Waals surface area contributed by atoms with Crippen molar-refractivity contribution in [1.82, 2.24) is 4.90 Å². The van der Waals surface area contributed by atoms with Crippen molar-refractivity contribution in [2.75, 3.05) is 13.7 Å². The summed E-state index contributed by atoms with van der Waals surface area (Å²) in [5, 5.41) is 11.5. The highest BCUT2D eigenvalue weighted by Crippen LogP contribution is 2.42. The Morgan fingerprint density at radius 1 is 1.12 bits per heavy atom. The summed E-state index contributed by atoms with van der Waals surface area (Å²) in [5.74, 6) is -0.421. The van der Waals surface area contributed by atoms with Crippen LogP contribution in [0, 0.1) is 0 Å². The van der Waals surface area contributed by atoms with Gasteiger partial charge in [-0.05, 0) is 55.0 Å². The fourth-order valence-corrected chi connectivity index (χ4v) is 4.07. The Morgan fingerprint density at radius 3 is 2.64 bits per heavy atom. The molecule has 0 aliphatic carbocycles. The van der Waals surface area contributed by atoms with E-state index in [4.69, 9.17) is 25.5 Å². The van der Waals surface area contributed by atoms with Crippen LogP contribution in [0.5, 0.6) is 11.5 Å². The zero-order valence-corrected chi connectivity index (χ0v) is 18.8. The zero-order chi connectivity index (χ0) is 23.5. The highest BCUT2D eigenvalue weighted by atomic mass is 35.5. The van der Waals surface area contributed by atoms with Gasteiger partial charge in [0.1, 0.15) is 23.0 Å². The Bertz CT molecular complexity index is 1220. The van der Waals surface area contributed by atoms with Crippen molar-refractivity contribution >= 4 is 29.1 Å². The number of rotatable bonds is 7. The molecule has 0 spiro atoms.